The predicted molar refractivity (Wildman–Crippen MR) is 81.0 cm³/mol. The zero-order valence-electron chi connectivity index (χ0n) is 12.9. The summed E-state index contributed by atoms with van der Waals surface area (Å²) in [5, 5.41) is 2.64. The van der Waals surface area contributed by atoms with E-state index in [0.717, 1.165) is 18.4 Å². The smallest absolute Gasteiger partial charge is 0.240 e. The van der Waals surface area contributed by atoms with Crippen molar-refractivity contribution < 1.29 is 22.0 Å². The SMILES string of the molecule is CC(C)[C@H](C)NC(=O)CN(c1ccc(F)cc1F)S(C)(=O)=O. The number of nitrogens with one attached hydrogen (secondary N) is 1. The van der Waals surface area contributed by atoms with Crippen LogP contribution in [-0.2, 0) is 14.8 Å². The molecule has 0 aliphatic heterocycles. The minimum atomic E-state index is -3.89. The van der Waals surface area contributed by atoms with Gasteiger partial charge in [0.25, 0.3) is 0 Å². The summed E-state index contributed by atoms with van der Waals surface area (Å²) in [6.07, 6.45) is 0.856. The molecule has 0 heterocycles. The van der Waals surface area contributed by atoms with Crippen molar-refractivity contribution in [2.45, 2.75) is 26.8 Å². The molecule has 0 bridgehead atoms. The molecule has 1 aromatic carbocycles. The van der Waals surface area contributed by atoms with Gasteiger partial charge in [-0.25, -0.2) is 17.2 Å². The van der Waals surface area contributed by atoms with E-state index in [0.29, 0.717) is 10.4 Å². The standard InChI is InChI=1S/C14H20F2N2O3S/c1-9(2)10(3)17-14(19)8-18(22(4,20)21)13-6-5-11(15)7-12(13)16/h5-7,9-10H,8H2,1-4H3,(H,17,19)/t10-/m0/s1. The molecular weight excluding hydrogens is 314 g/mol. The Morgan fingerprint density at radius 1 is 1.27 bits per heavy atom. The second kappa shape index (κ2) is 7.04. The number of anilines is 1. The van der Waals surface area contributed by atoms with Crippen molar-refractivity contribution in [3.63, 3.8) is 0 Å². The third-order valence-electron chi connectivity index (χ3n) is 3.25. The Balaban J connectivity index is 3.03. The van der Waals surface area contributed by atoms with Crippen LogP contribution in [0.2, 0.25) is 0 Å². The third kappa shape index (κ3) is 4.94. The Bertz CT molecular complexity index is 647. The average molecular weight is 334 g/mol. The van der Waals surface area contributed by atoms with Gasteiger partial charge in [0, 0.05) is 12.1 Å². The number of hydrogen-bond donors (Lipinski definition) is 1. The Kier molecular flexibility index (Phi) is 5.87. The lowest BCUT2D eigenvalue weighted by molar-refractivity contribution is -0.120. The third-order valence-corrected chi connectivity index (χ3v) is 4.38. The number of amides is 1. The van der Waals surface area contributed by atoms with Crippen LogP contribution in [0.25, 0.3) is 0 Å². The maximum atomic E-state index is 13.8. The van der Waals surface area contributed by atoms with Gasteiger partial charge in [-0.05, 0) is 25.0 Å². The second-order valence-electron chi connectivity index (χ2n) is 5.47. The molecule has 22 heavy (non-hydrogen) atoms. The Morgan fingerprint density at radius 2 is 1.86 bits per heavy atom. The number of benzene rings is 1. The number of carbonyl (C=O) groups is 1. The number of rotatable bonds is 6. The Hall–Kier alpha value is -1.70. The second-order valence-corrected chi connectivity index (χ2v) is 7.37. The van der Waals surface area contributed by atoms with Crippen molar-refractivity contribution in [2.24, 2.45) is 5.92 Å². The first-order valence-corrected chi connectivity index (χ1v) is 8.59. The molecule has 124 valence electrons. The molecule has 0 radical (unpaired) electrons. The van der Waals surface area contributed by atoms with Crippen LogP contribution in [0.3, 0.4) is 0 Å². The summed E-state index contributed by atoms with van der Waals surface area (Å²) in [6, 6.07) is 2.34. The van der Waals surface area contributed by atoms with E-state index in [-0.39, 0.29) is 17.6 Å². The lowest BCUT2D eigenvalue weighted by Gasteiger charge is -2.24. The minimum Gasteiger partial charge on any atom is -0.352 e. The van der Waals surface area contributed by atoms with Crippen molar-refractivity contribution in [2.75, 3.05) is 17.1 Å². The van der Waals surface area contributed by atoms with Crippen molar-refractivity contribution in [3.8, 4) is 0 Å². The van der Waals surface area contributed by atoms with Gasteiger partial charge in [0.1, 0.15) is 18.2 Å². The van der Waals surface area contributed by atoms with Gasteiger partial charge in [-0.15, -0.1) is 0 Å². The molecule has 1 rings (SSSR count). The van der Waals surface area contributed by atoms with Gasteiger partial charge in [0.15, 0.2) is 0 Å². The van der Waals surface area contributed by atoms with Crippen molar-refractivity contribution in [1.82, 2.24) is 5.32 Å². The largest absolute Gasteiger partial charge is 0.352 e. The number of nitrogens with zero attached hydrogens (tertiary/aromatic N) is 1. The molecule has 0 saturated heterocycles. The summed E-state index contributed by atoms with van der Waals surface area (Å²) in [6.45, 7) is 5.02. The molecule has 0 saturated carbocycles. The van der Waals surface area contributed by atoms with Crippen molar-refractivity contribution >= 4 is 21.6 Å². The van der Waals surface area contributed by atoms with Crippen LogP contribution < -0.4 is 9.62 Å². The number of halogens is 2. The van der Waals surface area contributed by atoms with Gasteiger partial charge in [0.05, 0.1) is 11.9 Å². The van der Waals surface area contributed by atoms with E-state index in [1.54, 1.807) is 6.92 Å². The number of carbonyl (C=O) groups excluding carboxylic acids is 1. The molecule has 1 aromatic rings. The Labute approximate surface area is 129 Å². The van der Waals surface area contributed by atoms with E-state index in [2.05, 4.69) is 5.32 Å². The van der Waals surface area contributed by atoms with Crippen LogP contribution >= 0.6 is 0 Å². The van der Waals surface area contributed by atoms with Gasteiger partial charge in [0.2, 0.25) is 15.9 Å². The first kappa shape index (κ1) is 18.3. The highest BCUT2D eigenvalue weighted by Crippen LogP contribution is 2.22. The highest BCUT2D eigenvalue weighted by Gasteiger charge is 2.24. The molecule has 8 heteroatoms. The fraction of sp³-hybridized carbons (Fsp3) is 0.500. The normalized spacial score (nSPS) is 13.0. The highest BCUT2D eigenvalue weighted by molar-refractivity contribution is 7.92. The molecule has 0 unspecified atom stereocenters. The van der Waals surface area contributed by atoms with Gasteiger partial charge >= 0.3 is 0 Å². The predicted octanol–water partition coefficient (Wildman–Crippen LogP) is 1.89. The van der Waals surface area contributed by atoms with E-state index in [1.165, 1.54) is 0 Å². The van der Waals surface area contributed by atoms with E-state index in [1.807, 2.05) is 13.8 Å². The minimum absolute atomic E-state index is 0.160. The summed E-state index contributed by atoms with van der Waals surface area (Å²) in [7, 11) is -3.89. The first-order chi connectivity index (χ1) is 10.0. The maximum Gasteiger partial charge on any atom is 0.240 e. The van der Waals surface area contributed by atoms with Crippen LogP contribution in [0, 0.1) is 17.6 Å². The summed E-state index contributed by atoms with van der Waals surface area (Å²) < 4.78 is 51.0. The quantitative estimate of drug-likeness (QED) is 0.864. The Morgan fingerprint density at radius 3 is 2.32 bits per heavy atom. The van der Waals surface area contributed by atoms with Crippen molar-refractivity contribution in [3.05, 3.63) is 29.8 Å². The fourth-order valence-electron chi connectivity index (χ4n) is 1.66. The maximum absolute atomic E-state index is 13.8. The lowest BCUT2D eigenvalue weighted by Crippen LogP contribution is -2.44. The van der Waals surface area contributed by atoms with E-state index >= 15 is 0 Å². The van der Waals surface area contributed by atoms with Crippen LogP contribution in [0.4, 0.5) is 14.5 Å². The van der Waals surface area contributed by atoms with Gasteiger partial charge in [-0.2, -0.15) is 0 Å². The molecule has 0 spiro atoms. The van der Waals surface area contributed by atoms with Gasteiger partial charge in [-0.3, -0.25) is 9.10 Å². The monoisotopic (exact) mass is 334 g/mol. The summed E-state index contributed by atoms with van der Waals surface area (Å²) in [4.78, 5) is 12.0. The zero-order valence-corrected chi connectivity index (χ0v) is 13.7. The van der Waals surface area contributed by atoms with Crippen LogP contribution in [0.5, 0.6) is 0 Å². The van der Waals surface area contributed by atoms with Gasteiger partial charge < -0.3 is 5.32 Å². The van der Waals surface area contributed by atoms with E-state index in [4.69, 9.17) is 0 Å². The summed E-state index contributed by atoms with van der Waals surface area (Å²) in [5.41, 5.74) is -0.365. The zero-order chi connectivity index (χ0) is 17.1. The number of hydrogen-bond acceptors (Lipinski definition) is 3. The van der Waals surface area contributed by atoms with Crippen LogP contribution in [-0.4, -0.2) is 33.2 Å². The van der Waals surface area contributed by atoms with Crippen LogP contribution in [0.1, 0.15) is 20.8 Å². The molecule has 0 aliphatic rings. The molecule has 1 atom stereocenters. The summed E-state index contributed by atoms with van der Waals surface area (Å²) in [5.74, 6) is -2.27. The van der Waals surface area contributed by atoms with E-state index < -0.39 is 34.1 Å². The van der Waals surface area contributed by atoms with E-state index in [9.17, 15) is 22.0 Å². The summed E-state index contributed by atoms with van der Waals surface area (Å²) >= 11 is 0. The molecule has 1 N–H and O–H groups in total. The molecule has 1 amide bonds. The molecule has 0 aliphatic carbocycles. The fourth-order valence-corrected chi connectivity index (χ4v) is 2.52. The molecule has 0 aromatic heterocycles. The lowest BCUT2D eigenvalue weighted by atomic mass is 10.1. The first-order valence-electron chi connectivity index (χ1n) is 6.74. The molecule has 0 fully saturated rings. The average Bonchev–Trinajstić information content (AvgIpc) is 2.35. The van der Waals surface area contributed by atoms with Crippen LogP contribution in [0.15, 0.2) is 18.2 Å². The highest BCUT2D eigenvalue weighted by atomic mass is 32.2. The topological polar surface area (TPSA) is 66.5 Å². The van der Waals surface area contributed by atoms with Crippen molar-refractivity contribution in [1.29, 1.82) is 0 Å². The molecule has 5 nitrogen and oxygen atoms in total. The number of sulfonamides is 1. The van der Waals surface area contributed by atoms with Gasteiger partial charge in [-0.1, -0.05) is 13.8 Å². The molecular formula is C14H20F2N2O3S.